The van der Waals surface area contributed by atoms with Gasteiger partial charge in [0.2, 0.25) is 5.91 Å². The summed E-state index contributed by atoms with van der Waals surface area (Å²) < 4.78 is 44.5. The van der Waals surface area contributed by atoms with Crippen molar-refractivity contribution in [1.29, 1.82) is 0 Å². The second-order valence-electron chi connectivity index (χ2n) is 7.69. The number of likely N-dealkylation sites (tertiary alicyclic amines) is 1. The molecule has 30 heavy (non-hydrogen) atoms. The van der Waals surface area contributed by atoms with Crippen molar-refractivity contribution in [2.45, 2.75) is 25.2 Å². The number of hydrogen-bond acceptors (Lipinski definition) is 5. The fourth-order valence-electron chi connectivity index (χ4n) is 4.66. The van der Waals surface area contributed by atoms with Crippen molar-refractivity contribution in [3.63, 3.8) is 0 Å². The van der Waals surface area contributed by atoms with Crippen LogP contribution in [-0.2, 0) is 28.3 Å². The Morgan fingerprint density at radius 1 is 1.27 bits per heavy atom. The molecule has 0 saturated carbocycles. The van der Waals surface area contributed by atoms with E-state index in [1.165, 1.54) is 0 Å². The fraction of sp³-hybridized carbons (Fsp3) is 0.409. The number of primary amides is 1. The Balaban J connectivity index is 1.62. The highest BCUT2D eigenvalue weighted by Gasteiger charge is 2.52. The number of fused-ring (bicyclic) bond motifs is 2. The Morgan fingerprint density at radius 2 is 2.03 bits per heavy atom. The predicted molar refractivity (Wildman–Crippen MR) is 105 cm³/mol. The van der Waals surface area contributed by atoms with E-state index in [1.807, 2.05) is 18.2 Å². The number of ether oxygens (including phenoxy) is 3. The van der Waals surface area contributed by atoms with Crippen LogP contribution < -0.4 is 15.2 Å². The molecule has 0 aromatic heterocycles. The molecular weight excluding hydrogens is 394 g/mol. The molecule has 2 aromatic rings. The van der Waals surface area contributed by atoms with Crippen molar-refractivity contribution >= 4 is 5.91 Å². The number of amides is 1. The number of halogens is 2. The first-order valence-corrected chi connectivity index (χ1v) is 9.73. The monoisotopic (exact) mass is 418 g/mol. The van der Waals surface area contributed by atoms with Crippen molar-refractivity contribution in [3.8, 4) is 11.5 Å². The number of nitrogens with zero attached hydrogens (tertiary/aromatic N) is 1. The van der Waals surface area contributed by atoms with Gasteiger partial charge in [-0.25, -0.2) is 8.78 Å². The summed E-state index contributed by atoms with van der Waals surface area (Å²) in [5, 5.41) is 0. The van der Waals surface area contributed by atoms with Crippen LogP contribution >= 0.6 is 0 Å². The molecular formula is C22H24F2N2O4. The smallest absolute Gasteiger partial charge is 0.225 e. The zero-order chi connectivity index (χ0) is 21.5. The molecule has 2 N–H and O–H groups in total. The molecule has 2 aliphatic rings. The molecule has 1 unspecified atom stereocenters. The second kappa shape index (κ2) is 7.85. The molecule has 8 heteroatoms. The van der Waals surface area contributed by atoms with Gasteiger partial charge >= 0.3 is 0 Å². The van der Waals surface area contributed by atoms with Crippen molar-refractivity contribution in [3.05, 3.63) is 58.7 Å². The van der Waals surface area contributed by atoms with Crippen molar-refractivity contribution in [2.24, 2.45) is 11.7 Å². The highest BCUT2D eigenvalue weighted by molar-refractivity contribution is 5.79. The van der Waals surface area contributed by atoms with Gasteiger partial charge < -0.3 is 19.9 Å². The molecule has 0 aliphatic carbocycles. The van der Waals surface area contributed by atoms with Gasteiger partial charge in [0, 0.05) is 25.2 Å². The van der Waals surface area contributed by atoms with E-state index in [4.69, 9.17) is 19.9 Å². The molecule has 2 atom stereocenters. The van der Waals surface area contributed by atoms with Crippen LogP contribution in [0.15, 0.2) is 30.3 Å². The van der Waals surface area contributed by atoms with E-state index < -0.39 is 29.1 Å². The van der Waals surface area contributed by atoms with Crippen molar-refractivity contribution in [1.82, 2.24) is 4.90 Å². The molecule has 1 fully saturated rings. The minimum atomic E-state index is -1.04. The molecule has 0 radical (unpaired) electrons. The number of para-hydroxylation sites is 1. The summed E-state index contributed by atoms with van der Waals surface area (Å²) in [5.74, 6) is -1.85. The van der Waals surface area contributed by atoms with Crippen LogP contribution in [0, 0.1) is 17.6 Å². The maximum atomic E-state index is 14.0. The molecule has 2 aromatic carbocycles. The minimum absolute atomic E-state index is 0.125. The summed E-state index contributed by atoms with van der Waals surface area (Å²) in [5.41, 5.74) is 6.70. The molecule has 4 rings (SSSR count). The van der Waals surface area contributed by atoms with Gasteiger partial charge in [-0.2, -0.15) is 0 Å². The van der Waals surface area contributed by atoms with E-state index in [0.717, 1.165) is 17.7 Å². The van der Waals surface area contributed by atoms with E-state index >= 15 is 0 Å². The lowest BCUT2D eigenvalue weighted by molar-refractivity contribution is -0.151. The highest BCUT2D eigenvalue weighted by Crippen LogP contribution is 2.48. The number of carbonyl (C=O) groups is 1. The summed E-state index contributed by atoms with van der Waals surface area (Å²) in [6, 6.07) is 7.92. The van der Waals surface area contributed by atoms with Crippen LogP contribution in [0.4, 0.5) is 8.78 Å². The number of carbonyl (C=O) groups excluding carboxylic acids is 1. The average molecular weight is 418 g/mol. The number of hydrogen-bond donors (Lipinski definition) is 1. The third-order valence-corrected chi connectivity index (χ3v) is 6.11. The van der Waals surface area contributed by atoms with Crippen LogP contribution in [0.3, 0.4) is 0 Å². The molecule has 0 bridgehead atoms. The Morgan fingerprint density at radius 3 is 2.73 bits per heavy atom. The molecule has 1 amide bonds. The van der Waals surface area contributed by atoms with Gasteiger partial charge in [-0.3, -0.25) is 9.69 Å². The van der Waals surface area contributed by atoms with Crippen LogP contribution in [0.1, 0.15) is 23.1 Å². The van der Waals surface area contributed by atoms with Crippen molar-refractivity contribution < 1.29 is 27.8 Å². The zero-order valence-corrected chi connectivity index (χ0v) is 16.9. The molecule has 2 heterocycles. The van der Waals surface area contributed by atoms with E-state index in [9.17, 15) is 13.6 Å². The molecule has 1 saturated heterocycles. The molecule has 2 aliphatic heterocycles. The summed E-state index contributed by atoms with van der Waals surface area (Å²) in [7, 11) is 3.15. The third kappa shape index (κ3) is 3.30. The first kappa shape index (κ1) is 20.6. The maximum absolute atomic E-state index is 14.0. The number of methoxy groups -OCH3 is 2. The SMILES string of the molecule is COc1cccc(CN2CCC3(OCc4cc(F)c(F)cc43)[C@H](C(N)=O)C2)c1OC. The summed E-state index contributed by atoms with van der Waals surface area (Å²) in [6.07, 6.45) is 0.435. The number of nitrogens with two attached hydrogens (primary N) is 1. The summed E-state index contributed by atoms with van der Waals surface area (Å²) in [6.45, 7) is 1.56. The van der Waals surface area contributed by atoms with Crippen LogP contribution in [0.2, 0.25) is 0 Å². The van der Waals surface area contributed by atoms with E-state index in [2.05, 4.69) is 4.90 Å². The standard InChI is InChI=1S/C22H24F2N2O4/c1-28-19-5-3-4-13(20(19)29-2)10-26-7-6-22(16(11-26)21(25)27)15-9-18(24)17(23)8-14(15)12-30-22/h3-5,8-9,16H,6-7,10-12H2,1-2H3,(H2,25,27)/t16-,22?/m0/s1. The summed E-state index contributed by atoms with van der Waals surface area (Å²) >= 11 is 0. The topological polar surface area (TPSA) is 74.0 Å². The van der Waals surface area contributed by atoms with Gasteiger partial charge in [-0.15, -0.1) is 0 Å². The zero-order valence-electron chi connectivity index (χ0n) is 16.9. The Labute approximate surface area is 173 Å². The van der Waals surface area contributed by atoms with Gasteiger partial charge in [0.15, 0.2) is 23.1 Å². The quantitative estimate of drug-likeness (QED) is 0.808. The van der Waals surface area contributed by atoms with E-state index in [-0.39, 0.29) is 6.61 Å². The van der Waals surface area contributed by atoms with Gasteiger partial charge in [-0.05, 0) is 35.7 Å². The molecule has 6 nitrogen and oxygen atoms in total. The number of rotatable bonds is 5. The molecule has 160 valence electrons. The summed E-state index contributed by atoms with van der Waals surface area (Å²) in [4.78, 5) is 14.5. The van der Waals surface area contributed by atoms with Gasteiger partial charge in [-0.1, -0.05) is 12.1 Å². The number of piperidine rings is 1. The van der Waals surface area contributed by atoms with Gasteiger partial charge in [0.05, 0.1) is 26.7 Å². The first-order chi connectivity index (χ1) is 14.4. The maximum Gasteiger partial charge on any atom is 0.225 e. The predicted octanol–water partition coefficient (Wildman–Crippen LogP) is 2.71. The third-order valence-electron chi connectivity index (χ3n) is 6.11. The lowest BCUT2D eigenvalue weighted by Gasteiger charge is -2.44. The van der Waals surface area contributed by atoms with E-state index in [1.54, 1.807) is 14.2 Å². The highest BCUT2D eigenvalue weighted by atomic mass is 19.2. The minimum Gasteiger partial charge on any atom is -0.493 e. The van der Waals surface area contributed by atoms with Crippen LogP contribution in [-0.4, -0.2) is 38.1 Å². The van der Waals surface area contributed by atoms with Crippen LogP contribution in [0.5, 0.6) is 11.5 Å². The molecule has 1 spiro atoms. The van der Waals surface area contributed by atoms with E-state index in [0.29, 0.717) is 48.7 Å². The fourth-order valence-corrected chi connectivity index (χ4v) is 4.66. The second-order valence-corrected chi connectivity index (χ2v) is 7.69. The van der Waals surface area contributed by atoms with Gasteiger partial charge in [0.25, 0.3) is 0 Å². The first-order valence-electron chi connectivity index (χ1n) is 9.73. The van der Waals surface area contributed by atoms with Gasteiger partial charge in [0.1, 0.15) is 5.60 Å². The number of benzene rings is 2. The largest absolute Gasteiger partial charge is 0.493 e. The Hall–Kier alpha value is -2.71. The lowest BCUT2D eigenvalue weighted by atomic mass is 9.75. The normalized spacial score (nSPS) is 23.4. The Bertz CT molecular complexity index is 984. The van der Waals surface area contributed by atoms with Crippen molar-refractivity contribution in [2.75, 3.05) is 27.3 Å². The lowest BCUT2D eigenvalue weighted by Crippen LogP contribution is -2.54. The Kier molecular flexibility index (Phi) is 5.38. The van der Waals surface area contributed by atoms with Crippen LogP contribution in [0.25, 0.3) is 0 Å². The average Bonchev–Trinajstić information content (AvgIpc) is 3.07.